The Hall–Kier alpha value is -1.42. The fraction of sp³-hybridized carbons (Fsp3) is 0.562. The first-order valence-corrected chi connectivity index (χ1v) is 7.26. The molecule has 0 fully saturated rings. The first kappa shape index (κ1) is 20.9. The van der Waals surface area contributed by atoms with E-state index in [0.29, 0.717) is 13.0 Å². The number of hydrogen-bond acceptors (Lipinski definition) is 2. The van der Waals surface area contributed by atoms with Gasteiger partial charge in [-0.3, -0.25) is 0 Å². The van der Waals surface area contributed by atoms with Crippen molar-refractivity contribution in [3.05, 3.63) is 41.8 Å². The maximum atomic E-state index is 12.8. The van der Waals surface area contributed by atoms with Crippen molar-refractivity contribution in [2.45, 2.75) is 54.5 Å². The summed E-state index contributed by atoms with van der Waals surface area (Å²) < 4.78 is 14.7. The Morgan fingerprint density at radius 1 is 1.35 bits per heavy atom. The van der Waals surface area contributed by atoms with Gasteiger partial charge in [0.15, 0.2) is 0 Å². The van der Waals surface area contributed by atoms with Gasteiger partial charge in [-0.25, -0.2) is 9.37 Å². The molecule has 0 spiro atoms. The predicted octanol–water partition coefficient (Wildman–Crippen LogP) is 4.29. The second kappa shape index (κ2) is 14.0. The van der Waals surface area contributed by atoms with Crippen molar-refractivity contribution in [2.75, 3.05) is 6.61 Å². The third-order valence-electron chi connectivity index (χ3n) is 2.27. The minimum Gasteiger partial charge on any atom is -0.396 e. The van der Waals surface area contributed by atoms with E-state index in [1.54, 1.807) is 12.5 Å². The molecule has 1 N–H and O–H groups in total. The van der Waals surface area contributed by atoms with Crippen LogP contribution in [0.3, 0.4) is 0 Å². The summed E-state index contributed by atoms with van der Waals surface area (Å²) in [5.74, 6) is -0.211. The van der Waals surface area contributed by atoms with Gasteiger partial charge in [-0.05, 0) is 25.5 Å². The van der Waals surface area contributed by atoms with Crippen LogP contribution in [-0.2, 0) is 13.0 Å². The zero-order chi connectivity index (χ0) is 16.0. The van der Waals surface area contributed by atoms with E-state index in [0.717, 1.165) is 11.3 Å². The zero-order valence-corrected chi connectivity index (χ0v) is 13.7. The molecule has 1 aromatic rings. The molecule has 4 heteroatoms. The quantitative estimate of drug-likeness (QED) is 0.819. The van der Waals surface area contributed by atoms with Crippen molar-refractivity contribution in [1.82, 2.24) is 9.55 Å². The highest BCUT2D eigenvalue weighted by molar-refractivity contribution is 5.20. The lowest BCUT2D eigenvalue weighted by molar-refractivity contribution is 0.296. The summed E-state index contributed by atoms with van der Waals surface area (Å²) in [6.07, 6.45) is 7.34. The molecule has 1 aromatic heterocycles. The SMILES string of the molecule is C/C=C(\C=C(/C)F)Cn1cncc1CCO.CC.CC. The number of rotatable bonds is 5. The highest BCUT2D eigenvalue weighted by Gasteiger charge is 2.02. The number of aliphatic hydroxyl groups is 1. The molecular formula is C16H29FN2O. The Kier molecular flexibility index (Phi) is 14.6. The van der Waals surface area contributed by atoms with Crippen LogP contribution in [0.25, 0.3) is 0 Å². The Bertz CT molecular complexity index is 391. The number of allylic oxidation sites excluding steroid dienone is 4. The molecule has 1 rings (SSSR count). The Morgan fingerprint density at radius 3 is 2.40 bits per heavy atom. The van der Waals surface area contributed by atoms with Crippen LogP contribution in [0.5, 0.6) is 0 Å². The number of halogens is 1. The molecule has 0 aliphatic rings. The maximum Gasteiger partial charge on any atom is 0.0972 e. The molecule has 116 valence electrons. The van der Waals surface area contributed by atoms with Gasteiger partial charge in [0.05, 0.1) is 12.2 Å². The lowest BCUT2D eigenvalue weighted by Gasteiger charge is -2.07. The number of imidazole rings is 1. The van der Waals surface area contributed by atoms with Crippen LogP contribution in [0, 0.1) is 0 Å². The van der Waals surface area contributed by atoms with Crippen molar-refractivity contribution in [2.24, 2.45) is 0 Å². The average Bonchev–Trinajstić information content (AvgIpc) is 2.90. The van der Waals surface area contributed by atoms with E-state index >= 15 is 0 Å². The summed E-state index contributed by atoms with van der Waals surface area (Å²) in [7, 11) is 0. The van der Waals surface area contributed by atoms with E-state index in [4.69, 9.17) is 5.11 Å². The summed E-state index contributed by atoms with van der Waals surface area (Å²) in [4.78, 5) is 4.02. The number of hydrogen-bond donors (Lipinski definition) is 1. The lowest BCUT2D eigenvalue weighted by atomic mass is 10.2. The normalized spacial score (nSPS) is 11.2. The van der Waals surface area contributed by atoms with Gasteiger partial charge >= 0.3 is 0 Å². The zero-order valence-electron chi connectivity index (χ0n) is 13.7. The molecule has 0 unspecified atom stereocenters. The number of nitrogens with zero attached hydrogens (tertiary/aromatic N) is 2. The van der Waals surface area contributed by atoms with Gasteiger partial charge in [-0.1, -0.05) is 33.8 Å². The number of aromatic nitrogens is 2. The molecule has 3 nitrogen and oxygen atoms in total. The van der Waals surface area contributed by atoms with Crippen LogP contribution < -0.4 is 0 Å². The molecule has 0 atom stereocenters. The molecular weight excluding hydrogens is 255 g/mol. The number of aliphatic hydroxyl groups excluding tert-OH is 1. The van der Waals surface area contributed by atoms with Crippen LogP contribution in [0.1, 0.15) is 47.2 Å². The highest BCUT2D eigenvalue weighted by atomic mass is 19.1. The Balaban J connectivity index is 0. The molecule has 0 amide bonds. The average molecular weight is 284 g/mol. The standard InChI is InChI=1S/C12H17FN2O.2C2H6/c1-3-11(6-10(2)13)8-15-9-14-7-12(15)4-5-16;2*1-2/h3,6-7,9,16H,4-5,8H2,1-2H3;2*1-2H3/b10-6+,11-3+;;. The van der Waals surface area contributed by atoms with Crippen molar-refractivity contribution < 1.29 is 9.50 Å². The largest absolute Gasteiger partial charge is 0.396 e. The third kappa shape index (κ3) is 8.64. The summed E-state index contributed by atoms with van der Waals surface area (Å²) >= 11 is 0. The van der Waals surface area contributed by atoms with Crippen LogP contribution >= 0.6 is 0 Å². The minimum atomic E-state index is -0.211. The Labute approximate surface area is 122 Å². The van der Waals surface area contributed by atoms with E-state index in [1.165, 1.54) is 13.0 Å². The first-order valence-electron chi connectivity index (χ1n) is 7.26. The van der Waals surface area contributed by atoms with Gasteiger partial charge in [0.1, 0.15) is 0 Å². The van der Waals surface area contributed by atoms with Gasteiger partial charge in [0.2, 0.25) is 0 Å². The second-order valence-electron chi connectivity index (χ2n) is 3.58. The fourth-order valence-electron chi connectivity index (χ4n) is 1.49. The molecule has 0 saturated carbocycles. The topological polar surface area (TPSA) is 38.0 Å². The maximum absolute atomic E-state index is 12.8. The molecule has 0 aliphatic heterocycles. The summed E-state index contributed by atoms with van der Waals surface area (Å²) in [6, 6.07) is 0. The molecule has 0 saturated heterocycles. The third-order valence-corrected chi connectivity index (χ3v) is 2.27. The van der Waals surface area contributed by atoms with Gasteiger partial charge in [0.25, 0.3) is 0 Å². The van der Waals surface area contributed by atoms with E-state index in [1.807, 2.05) is 45.3 Å². The van der Waals surface area contributed by atoms with Gasteiger partial charge in [-0.15, -0.1) is 0 Å². The molecule has 0 aliphatic carbocycles. The predicted molar refractivity (Wildman–Crippen MR) is 84.3 cm³/mol. The van der Waals surface area contributed by atoms with Gasteiger partial charge in [-0.2, -0.15) is 0 Å². The molecule has 20 heavy (non-hydrogen) atoms. The van der Waals surface area contributed by atoms with Gasteiger partial charge < -0.3 is 9.67 Å². The highest BCUT2D eigenvalue weighted by Crippen LogP contribution is 2.09. The summed E-state index contributed by atoms with van der Waals surface area (Å²) in [5, 5.41) is 8.87. The van der Waals surface area contributed by atoms with Crippen LogP contribution in [0.4, 0.5) is 4.39 Å². The Morgan fingerprint density at radius 2 is 1.95 bits per heavy atom. The molecule has 1 heterocycles. The van der Waals surface area contributed by atoms with E-state index in [-0.39, 0.29) is 12.4 Å². The smallest absolute Gasteiger partial charge is 0.0972 e. The second-order valence-corrected chi connectivity index (χ2v) is 3.58. The van der Waals surface area contributed by atoms with Crippen LogP contribution in [0.15, 0.2) is 36.1 Å². The monoisotopic (exact) mass is 284 g/mol. The fourth-order valence-corrected chi connectivity index (χ4v) is 1.49. The molecule has 0 bridgehead atoms. The van der Waals surface area contributed by atoms with Crippen LogP contribution in [0.2, 0.25) is 0 Å². The molecule has 0 radical (unpaired) electrons. The van der Waals surface area contributed by atoms with E-state index in [2.05, 4.69) is 4.98 Å². The summed E-state index contributed by atoms with van der Waals surface area (Å²) in [6.45, 7) is 12.0. The molecule has 0 aromatic carbocycles. The summed E-state index contributed by atoms with van der Waals surface area (Å²) in [5.41, 5.74) is 1.84. The lowest BCUT2D eigenvalue weighted by Crippen LogP contribution is -2.05. The van der Waals surface area contributed by atoms with E-state index < -0.39 is 0 Å². The van der Waals surface area contributed by atoms with Crippen molar-refractivity contribution in [3.8, 4) is 0 Å². The van der Waals surface area contributed by atoms with Crippen molar-refractivity contribution in [3.63, 3.8) is 0 Å². The van der Waals surface area contributed by atoms with E-state index in [9.17, 15) is 4.39 Å². The van der Waals surface area contributed by atoms with Crippen LogP contribution in [-0.4, -0.2) is 21.3 Å². The minimum absolute atomic E-state index is 0.0921. The van der Waals surface area contributed by atoms with Crippen molar-refractivity contribution >= 4 is 0 Å². The first-order chi connectivity index (χ1) is 9.67. The van der Waals surface area contributed by atoms with Gasteiger partial charge in [0, 0.05) is 31.5 Å². The van der Waals surface area contributed by atoms with Crippen molar-refractivity contribution in [1.29, 1.82) is 0 Å².